The summed E-state index contributed by atoms with van der Waals surface area (Å²) in [6, 6.07) is 4.52. The molecule has 0 atom stereocenters. The Kier molecular flexibility index (Phi) is 3.83. The van der Waals surface area contributed by atoms with Crippen LogP contribution in [0.2, 0.25) is 0 Å². The second-order valence-corrected chi connectivity index (χ2v) is 7.36. The number of hydrogen-bond acceptors (Lipinski definition) is 1. The summed E-state index contributed by atoms with van der Waals surface area (Å²) in [6.07, 6.45) is 9.87. The van der Waals surface area contributed by atoms with Crippen LogP contribution in [-0.4, -0.2) is 5.60 Å². The van der Waals surface area contributed by atoms with Crippen molar-refractivity contribution >= 4 is 6.08 Å². The zero-order valence-electron chi connectivity index (χ0n) is 15.1. The summed E-state index contributed by atoms with van der Waals surface area (Å²) in [5.41, 5.74) is 9.04. The maximum Gasteiger partial charge on any atom is 0.128 e. The highest BCUT2D eigenvalue weighted by molar-refractivity contribution is 5.69. The van der Waals surface area contributed by atoms with Gasteiger partial charge in [-0.3, -0.25) is 0 Å². The van der Waals surface area contributed by atoms with Crippen molar-refractivity contribution in [3.8, 4) is 0 Å². The molecule has 1 nitrogen and oxygen atoms in total. The Labute approximate surface area is 140 Å². The fraction of sp³-hybridized carbons (Fsp3) is 0.364. The van der Waals surface area contributed by atoms with E-state index in [9.17, 15) is 0 Å². The van der Waals surface area contributed by atoms with Crippen molar-refractivity contribution in [2.24, 2.45) is 0 Å². The minimum absolute atomic E-state index is 0.231. The van der Waals surface area contributed by atoms with Gasteiger partial charge < -0.3 is 4.74 Å². The zero-order valence-corrected chi connectivity index (χ0v) is 15.1. The van der Waals surface area contributed by atoms with Crippen LogP contribution in [0, 0.1) is 20.8 Å². The molecule has 3 rings (SSSR count). The first kappa shape index (κ1) is 15.9. The molecule has 0 radical (unpaired) electrons. The van der Waals surface area contributed by atoms with E-state index in [1.54, 1.807) is 0 Å². The van der Waals surface area contributed by atoms with Crippen molar-refractivity contribution in [2.45, 2.75) is 53.6 Å². The highest BCUT2D eigenvalue weighted by atomic mass is 16.5. The average molecular weight is 306 g/mol. The van der Waals surface area contributed by atoms with Crippen LogP contribution in [0.1, 0.15) is 49.4 Å². The van der Waals surface area contributed by atoms with Gasteiger partial charge in [0.25, 0.3) is 0 Å². The molecule has 1 heteroatoms. The Hall–Kier alpha value is -2.02. The SMILES string of the molecule is CC1=CC(C)(C)OC2=C1C(=Cc1c(C)cc(C)cc1C)CC=C2. The average Bonchev–Trinajstić information content (AvgIpc) is 2.40. The number of ether oxygens (including phenoxy) is 1. The molecule has 2 aliphatic rings. The lowest BCUT2D eigenvalue weighted by atomic mass is 9.85. The zero-order chi connectivity index (χ0) is 16.8. The normalized spacial score (nSPS) is 21.1. The molecule has 0 unspecified atom stereocenters. The van der Waals surface area contributed by atoms with Gasteiger partial charge in [-0.1, -0.05) is 29.8 Å². The second-order valence-electron chi connectivity index (χ2n) is 7.36. The monoisotopic (exact) mass is 306 g/mol. The largest absolute Gasteiger partial charge is 0.483 e. The van der Waals surface area contributed by atoms with E-state index in [0.717, 1.165) is 12.2 Å². The first-order valence-corrected chi connectivity index (χ1v) is 8.35. The first-order chi connectivity index (χ1) is 10.8. The molecule has 120 valence electrons. The molecule has 23 heavy (non-hydrogen) atoms. The molecule has 0 saturated heterocycles. The fourth-order valence-electron chi connectivity index (χ4n) is 3.80. The van der Waals surface area contributed by atoms with Crippen LogP contribution in [0.5, 0.6) is 0 Å². The summed E-state index contributed by atoms with van der Waals surface area (Å²) < 4.78 is 6.17. The molecule has 0 N–H and O–H groups in total. The number of allylic oxidation sites excluding steroid dienone is 5. The Morgan fingerprint density at radius 1 is 1.04 bits per heavy atom. The molecule has 1 aliphatic carbocycles. The maximum absolute atomic E-state index is 6.17. The van der Waals surface area contributed by atoms with Crippen LogP contribution in [0.3, 0.4) is 0 Å². The van der Waals surface area contributed by atoms with Crippen LogP contribution in [0.15, 0.2) is 52.8 Å². The molecule has 0 bridgehead atoms. The van der Waals surface area contributed by atoms with E-state index >= 15 is 0 Å². The van der Waals surface area contributed by atoms with Crippen molar-refractivity contribution in [2.75, 3.05) is 0 Å². The van der Waals surface area contributed by atoms with E-state index in [1.165, 1.54) is 39.0 Å². The molecule has 1 aromatic carbocycles. The Morgan fingerprint density at radius 2 is 1.70 bits per heavy atom. The fourth-order valence-corrected chi connectivity index (χ4v) is 3.80. The van der Waals surface area contributed by atoms with Crippen LogP contribution in [0.4, 0.5) is 0 Å². The third-order valence-corrected chi connectivity index (χ3v) is 4.56. The third-order valence-electron chi connectivity index (χ3n) is 4.56. The van der Waals surface area contributed by atoms with E-state index in [-0.39, 0.29) is 5.60 Å². The molecule has 1 aliphatic heterocycles. The Bertz CT molecular complexity index is 759. The van der Waals surface area contributed by atoms with Gasteiger partial charge in [-0.25, -0.2) is 0 Å². The molecular formula is C22H26O. The standard InChI is InChI=1S/C22H26O/c1-14-10-15(2)19(16(3)11-14)12-18-8-7-9-20-21(18)17(4)13-22(5,6)23-20/h7,9-13H,8H2,1-6H3. The third kappa shape index (κ3) is 3.06. The summed E-state index contributed by atoms with van der Waals surface area (Å²) >= 11 is 0. The van der Waals surface area contributed by atoms with Gasteiger partial charge in [0.2, 0.25) is 0 Å². The maximum atomic E-state index is 6.17. The summed E-state index contributed by atoms with van der Waals surface area (Å²) in [4.78, 5) is 0. The lowest BCUT2D eigenvalue weighted by Gasteiger charge is -2.33. The first-order valence-electron chi connectivity index (χ1n) is 8.35. The number of rotatable bonds is 1. The summed E-state index contributed by atoms with van der Waals surface area (Å²) in [7, 11) is 0. The van der Waals surface area contributed by atoms with Crippen molar-refractivity contribution in [3.63, 3.8) is 0 Å². The van der Waals surface area contributed by atoms with E-state index in [2.05, 4.69) is 78.0 Å². The van der Waals surface area contributed by atoms with Gasteiger partial charge in [-0.15, -0.1) is 0 Å². The topological polar surface area (TPSA) is 9.23 Å². The van der Waals surface area contributed by atoms with E-state index in [0.29, 0.717) is 0 Å². The molecule has 1 heterocycles. The lowest BCUT2D eigenvalue weighted by molar-refractivity contribution is 0.0797. The van der Waals surface area contributed by atoms with E-state index < -0.39 is 0 Å². The molecule has 1 aromatic rings. The van der Waals surface area contributed by atoms with E-state index in [1.807, 2.05) is 0 Å². The van der Waals surface area contributed by atoms with Crippen molar-refractivity contribution < 1.29 is 4.74 Å². The Balaban J connectivity index is 2.10. The lowest BCUT2D eigenvalue weighted by Crippen LogP contribution is -2.26. The predicted octanol–water partition coefficient (Wildman–Crippen LogP) is 5.96. The van der Waals surface area contributed by atoms with Crippen molar-refractivity contribution in [1.82, 2.24) is 0 Å². The Morgan fingerprint density at radius 3 is 2.35 bits per heavy atom. The molecule has 0 fully saturated rings. The number of aryl methyl sites for hydroxylation is 3. The molecule has 0 aromatic heterocycles. The van der Waals surface area contributed by atoms with Gasteiger partial charge in [0.1, 0.15) is 11.4 Å². The van der Waals surface area contributed by atoms with Crippen LogP contribution >= 0.6 is 0 Å². The van der Waals surface area contributed by atoms with Gasteiger partial charge in [0.05, 0.1) is 0 Å². The summed E-state index contributed by atoms with van der Waals surface area (Å²) in [5.74, 6) is 1.01. The quantitative estimate of drug-likeness (QED) is 0.621. The summed E-state index contributed by atoms with van der Waals surface area (Å²) in [6.45, 7) is 13.0. The van der Waals surface area contributed by atoms with Crippen LogP contribution in [-0.2, 0) is 4.74 Å². The highest BCUT2D eigenvalue weighted by Gasteiger charge is 2.28. The van der Waals surface area contributed by atoms with Gasteiger partial charge in [0.15, 0.2) is 0 Å². The number of hydrogen-bond donors (Lipinski definition) is 0. The predicted molar refractivity (Wildman–Crippen MR) is 98.3 cm³/mol. The second kappa shape index (κ2) is 5.56. The van der Waals surface area contributed by atoms with Gasteiger partial charge in [0, 0.05) is 5.57 Å². The van der Waals surface area contributed by atoms with Gasteiger partial charge in [-0.2, -0.15) is 0 Å². The molecular weight excluding hydrogens is 280 g/mol. The minimum Gasteiger partial charge on any atom is -0.483 e. The van der Waals surface area contributed by atoms with Crippen molar-refractivity contribution in [1.29, 1.82) is 0 Å². The van der Waals surface area contributed by atoms with Crippen LogP contribution < -0.4 is 0 Å². The van der Waals surface area contributed by atoms with E-state index in [4.69, 9.17) is 4.74 Å². The van der Waals surface area contributed by atoms with Crippen molar-refractivity contribution in [3.05, 3.63) is 75.1 Å². The van der Waals surface area contributed by atoms with Gasteiger partial charge >= 0.3 is 0 Å². The highest BCUT2D eigenvalue weighted by Crippen LogP contribution is 2.39. The van der Waals surface area contributed by atoms with Gasteiger partial charge in [-0.05, 0) is 88.0 Å². The number of benzene rings is 1. The minimum atomic E-state index is -0.231. The molecule has 0 amide bonds. The van der Waals surface area contributed by atoms with Crippen LogP contribution in [0.25, 0.3) is 6.08 Å². The summed E-state index contributed by atoms with van der Waals surface area (Å²) in [5, 5.41) is 0. The molecule has 0 saturated carbocycles. The molecule has 0 spiro atoms. The smallest absolute Gasteiger partial charge is 0.128 e.